The van der Waals surface area contributed by atoms with E-state index >= 15 is 0 Å². The van der Waals surface area contributed by atoms with Crippen molar-refractivity contribution in [1.82, 2.24) is 10.0 Å². The van der Waals surface area contributed by atoms with Crippen LogP contribution < -0.4 is 15.8 Å². The molecule has 0 bridgehead atoms. The summed E-state index contributed by atoms with van der Waals surface area (Å²) in [5.74, 6) is -0.577. The molecule has 0 aromatic heterocycles. The quantitative estimate of drug-likeness (QED) is 0.723. The summed E-state index contributed by atoms with van der Waals surface area (Å²) >= 11 is 0. The first kappa shape index (κ1) is 16.9. The fourth-order valence-electron chi connectivity index (χ4n) is 2.02. The van der Waals surface area contributed by atoms with Gasteiger partial charge >= 0.3 is 0 Å². The molecule has 8 heteroatoms. The number of benzene rings is 1. The molecule has 112 valence electrons. The topological polar surface area (TPSA) is 101 Å². The van der Waals surface area contributed by atoms with E-state index in [-0.39, 0.29) is 28.9 Å². The molecule has 20 heavy (non-hydrogen) atoms. The maximum atomic E-state index is 12.0. The molecule has 1 aliphatic heterocycles. The second-order valence-electron chi connectivity index (χ2n) is 4.53. The summed E-state index contributed by atoms with van der Waals surface area (Å²) < 4.78 is 26.6. The zero-order chi connectivity index (χ0) is 13.9. The van der Waals surface area contributed by atoms with E-state index in [4.69, 9.17) is 5.73 Å². The molecular weight excluding hydrogens is 302 g/mol. The fraction of sp³-hybridized carbons (Fsp3) is 0.417. The molecule has 2 rings (SSSR count). The molecule has 0 spiro atoms. The molecule has 0 saturated carbocycles. The molecule has 1 unspecified atom stereocenters. The zero-order valence-corrected chi connectivity index (χ0v) is 12.5. The van der Waals surface area contributed by atoms with Crippen LogP contribution in [0.3, 0.4) is 0 Å². The van der Waals surface area contributed by atoms with Gasteiger partial charge in [0.15, 0.2) is 0 Å². The van der Waals surface area contributed by atoms with Gasteiger partial charge in [-0.25, -0.2) is 13.1 Å². The number of carbonyl (C=O) groups is 1. The minimum atomic E-state index is -3.53. The van der Waals surface area contributed by atoms with E-state index in [1.807, 2.05) is 0 Å². The molecule has 1 aliphatic rings. The lowest BCUT2D eigenvalue weighted by molar-refractivity contribution is 0.1000. The smallest absolute Gasteiger partial charge is 0.248 e. The van der Waals surface area contributed by atoms with E-state index in [9.17, 15) is 13.2 Å². The molecule has 6 nitrogen and oxygen atoms in total. The van der Waals surface area contributed by atoms with Gasteiger partial charge in [-0.2, -0.15) is 0 Å². The Balaban J connectivity index is 0.00000200. The number of carbonyl (C=O) groups excluding carboxylic acids is 1. The predicted molar refractivity (Wildman–Crippen MR) is 78.4 cm³/mol. The number of hydrogen-bond acceptors (Lipinski definition) is 4. The van der Waals surface area contributed by atoms with Crippen molar-refractivity contribution in [2.24, 2.45) is 5.73 Å². The van der Waals surface area contributed by atoms with Gasteiger partial charge in [-0.3, -0.25) is 4.79 Å². The van der Waals surface area contributed by atoms with E-state index in [1.54, 1.807) is 0 Å². The summed E-state index contributed by atoms with van der Waals surface area (Å²) in [6, 6.07) is 5.77. The van der Waals surface area contributed by atoms with Crippen molar-refractivity contribution in [3.8, 4) is 0 Å². The van der Waals surface area contributed by atoms with Crippen LogP contribution in [-0.2, 0) is 10.0 Å². The van der Waals surface area contributed by atoms with Crippen molar-refractivity contribution in [3.05, 3.63) is 29.8 Å². The van der Waals surface area contributed by atoms with Gasteiger partial charge in [-0.05, 0) is 43.7 Å². The average Bonchev–Trinajstić information content (AvgIpc) is 2.90. The molecule has 1 fully saturated rings. The molecule has 1 heterocycles. The number of primary amides is 1. The fourth-order valence-corrected chi connectivity index (χ4v) is 3.10. The van der Waals surface area contributed by atoms with E-state index in [1.165, 1.54) is 24.3 Å². The highest BCUT2D eigenvalue weighted by atomic mass is 35.5. The number of halogens is 1. The lowest BCUT2D eigenvalue weighted by Crippen LogP contribution is -2.37. The van der Waals surface area contributed by atoms with E-state index in [2.05, 4.69) is 10.0 Å². The van der Waals surface area contributed by atoms with Gasteiger partial charge < -0.3 is 11.1 Å². The zero-order valence-electron chi connectivity index (χ0n) is 10.8. The monoisotopic (exact) mass is 319 g/mol. The van der Waals surface area contributed by atoms with Crippen LogP contribution in [0, 0.1) is 0 Å². The minimum Gasteiger partial charge on any atom is -0.366 e. The maximum Gasteiger partial charge on any atom is 0.248 e. The lowest BCUT2D eigenvalue weighted by Gasteiger charge is -2.12. The number of nitrogens with two attached hydrogens (primary N) is 1. The summed E-state index contributed by atoms with van der Waals surface area (Å²) in [5.41, 5.74) is 5.39. The van der Waals surface area contributed by atoms with Gasteiger partial charge in [0, 0.05) is 18.2 Å². The molecule has 1 amide bonds. The third kappa shape index (κ3) is 4.17. The van der Waals surface area contributed by atoms with Crippen LogP contribution in [0.15, 0.2) is 29.2 Å². The summed E-state index contributed by atoms with van der Waals surface area (Å²) in [5, 5.41) is 3.22. The largest absolute Gasteiger partial charge is 0.366 e. The Labute approximate surface area is 124 Å². The van der Waals surface area contributed by atoms with Crippen molar-refractivity contribution in [2.75, 3.05) is 13.1 Å². The Morgan fingerprint density at radius 3 is 2.50 bits per heavy atom. The molecular formula is C12H18ClN3O3S. The lowest BCUT2D eigenvalue weighted by atomic mass is 10.2. The van der Waals surface area contributed by atoms with Gasteiger partial charge in [0.25, 0.3) is 0 Å². The van der Waals surface area contributed by atoms with Gasteiger partial charge in [0.1, 0.15) is 0 Å². The second kappa shape index (κ2) is 7.03. The summed E-state index contributed by atoms with van der Waals surface area (Å²) in [6.07, 6.45) is 2.04. The Morgan fingerprint density at radius 2 is 2.00 bits per heavy atom. The van der Waals surface area contributed by atoms with Crippen LogP contribution >= 0.6 is 12.4 Å². The number of amides is 1. The number of sulfonamides is 1. The van der Waals surface area contributed by atoms with E-state index in [0.29, 0.717) is 6.54 Å². The van der Waals surface area contributed by atoms with E-state index in [0.717, 1.165) is 19.4 Å². The third-order valence-electron chi connectivity index (χ3n) is 3.13. The third-order valence-corrected chi connectivity index (χ3v) is 4.57. The first-order valence-corrected chi connectivity index (χ1v) is 7.60. The predicted octanol–water partition coefficient (Wildman–Crippen LogP) is 0.238. The standard InChI is InChI=1S/C12H17N3O3S.ClH/c13-12(16)9-3-5-11(6-4-9)19(17,18)15-8-10-2-1-7-14-10;/h3-6,10,14-15H,1-2,7-8H2,(H2,13,16);1H. The molecule has 1 saturated heterocycles. The van der Waals surface area contributed by atoms with E-state index < -0.39 is 15.9 Å². The Bertz CT molecular complexity index is 554. The highest BCUT2D eigenvalue weighted by Gasteiger charge is 2.19. The Morgan fingerprint density at radius 1 is 1.35 bits per heavy atom. The highest BCUT2D eigenvalue weighted by Crippen LogP contribution is 2.11. The number of nitrogens with one attached hydrogen (secondary N) is 2. The van der Waals surface area contributed by atoms with Crippen molar-refractivity contribution < 1.29 is 13.2 Å². The summed E-state index contributed by atoms with van der Waals surface area (Å²) in [4.78, 5) is 11.0. The van der Waals surface area contributed by atoms with Gasteiger partial charge in [0.2, 0.25) is 15.9 Å². The molecule has 1 aromatic rings. The number of hydrogen-bond donors (Lipinski definition) is 3. The molecule has 0 radical (unpaired) electrons. The molecule has 4 N–H and O–H groups in total. The van der Waals surface area contributed by atoms with Crippen molar-refractivity contribution in [2.45, 2.75) is 23.8 Å². The second-order valence-corrected chi connectivity index (χ2v) is 6.30. The van der Waals surface area contributed by atoms with Crippen LogP contribution in [0.5, 0.6) is 0 Å². The van der Waals surface area contributed by atoms with Crippen LogP contribution in [-0.4, -0.2) is 33.5 Å². The average molecular weight is 320 g/mol. The molecule has 1 atom stereocenters. The SMILES string of the molecule is Cl.NC(=O)c1ccc(S(=O)(=O)NCC2CCCN2)cc1. The summed E-state index contributed by atoms with van der Waals surface area (Å²) in [7, 11) is -3.53. The number of rotatable bonds is 5. The Hall–Kier alpha value is -1.15. The maximum absolute atomic E-state index is 12.0. The minimum absolute atomic E-state index is 0. The van der Waals surface area contributed by atoms with Gasteiger partial charge in [0.05, 0.1) is 4.90 Å². The van der Waals surface area contributed by atoms with Crippen molar-refractivity contribution in [1.29, 1.82) is 0 Å². The van der Waals surface area contributed by atoms with Crippen LogP contribution in [0.4, 0.5) is 0 Å². The van der Waals surface area contributed by atoms with Crippen LogP contribution in [0.2, 0.25) is 0 Å². The van der Waals surface area contributed by atoms with Crippen molar-refractivity contribution >= 4 is 28.3 Å². The van der Waals surface area contributed by atoms with Gasteiger partial charge in [-0.1, -0.05) is 0 Å². The first-order valence-electron chi connectivity index (χ1n) is 6.12. The van der Waals surface area contributed by atoms with Crippen molar-refractivity contribution in [3.63, 3.8) is 0 Å². The van der Waals surface area contributed by atoms with Crippen LogP contribution in [0.25, 0.3) is 0 Å². The highest BCUT2D eigenvalue weighted by molar-refractivity contribution is 7.89. The normalized spacial score (nSPS) is 18.5. The molecule has 0 aliphatic carbocycles. The van der Waals surface area contributed by atoms with Gasteiger partial charge in [-0.15, -0.1) is 12.4 Å². The first-order chi connectivity index (χ1) is 8.99. The van der Waals surface area contributed by atoms with Crippen LogP contribution in [0.1, 0.15) is 23.2 Å². The molecule has 1 aromatic carbocycles. The Kier molecular flexibility index (Phi) is 5.94. The summed E-state index contributed by atoms with van der Waals surface area (Å²) in [6.45, 7) is 1.31.